The number of hydrogen-bond donors (Lipinski definition) is 2. The predicted octanol–water partition coefficient (Wildman–Crippen LogP) is 0.968. The van der Waals surface area contributed by atoms with E-state index in [1.165, 1.54) is 24.5 Å². The molecule has 2 atom stereocenters. The van der Waals surface area contributed by atoms with E-state index >= 15 is 0 Å². The molecule has 0 spiro atoms. The molecule has 8 heteroatoms. The minimum Gasteiger partial charge on any atom is -0.398 e. The molecule has 18 heavy (non-hydrogen) atoms. The van der Waals surface area contributed by atoms with Gasteiger partial charge >= 0.3 is 0 Å². The van der Waals surface area contributed by atoms with Gasteiger partial charge in [0.25, 0.3) is 0 Å². The first-order chi connectivity index (χ1) is 8.22. The largest absolute Gasteiger partial charge is 0.398 e. The Bertz CT molecular complexity index is 560. The average Bonchev–Trinajstić information content (AvgIpc) is 2.19. The predicted molar refractivity (Wildman–Crippen MR) is 74.6 cm³/mol. The van der Waals surface area contributed by atoms with Crippen LogP contribution in [0, 0.1) is 0 Å². The van der Waals surface area contributed by atoms with Crippen molar-refractivity contribution in [3.8, 4) is 0 Å². The average molecular weight is 311 g/mol. The molecule has 5 nitrogen and oxygen atoms in total. The molecule has 0 aliphatic heterocycles. The zero-order chi connectivity index (χ0) is 13.9. The standard InChI is InChI=1S/C10H15ClN2O3S2/c1-7(6-17(2)14)13-18(15,16)8-3-4-10(12)9(11)5-8/h3-5,7,13H,6,12H2,1-2H3. The molecule has 0 aromatic heterocycles. The molecule has 0 bridgehead atoms. The third kappa shape index (κ3) is 4.24. The second-order valence-electron chi connectivity index (χ2n) is 3.95. The van der Waals surface area contributed by atoms with E-state index in [4.69, 9.17) is 17.3 Å². The third-order valence-corrected chi connectivity index (χ3v) is 5.01. The van der Waals surface area contributed by atoms with Gasteiger partial charge in [-0.1, -0.05) is 11.6 Å². The molecular weight excluding hydrogens is 296 g/mol. The second kappa shape index (κ2) is 6.01. The first-order valence-corrected chi connectivity index (χ1v) is 8.68. The molecule has 0 aliphatic rings. The van der Waals surface area contributed by atoms with Crippen LogP contribution in [0.4, 0.5) is 5.69 Å². The van der Waals surface area contributed by atoms with Gasteiger partial charge in [-0.05, 0) is 25.1 Å². The first-order valence-electron chi connectivity index (χ1n) is 5.10. The van der Waals surface area contributed by atoms with Gasteiger partial charge < -0.3 is 5.73 Å². The van der Waals surface area contributed by atoms with Gasteiger partial charge in [-0.2, -0.15) is 0 Å². The van der Waals surface area contributed by atoms with Crippen molar-refractivity contribution in [3.63, 3.8) is 0 Å². The van der Waals surface area contributed by atoms with Gasteiger partial charge in [0.1, 0.15) is 0 Å². The molecule has 0 saturated heterocycles. The number of halogens is 1. The maximum absolute atomic E-state index is 12.0. The number of rotatable bonds is 5. The Hall–Kier alpha value is -0.630. The van der Waals surface area contributed by atoms with Gasteiger partial charge in [-0.15, -0.1) is 0 Å². The van der Waals surface area contributed by atoms with Crippen molar-refractivity contribution in [2.24, 2.45) is 0 Å². The minimum absolute atomic E-state index is 0.0374. The van der Waals surface area contributed by atoms with Crippen LogP contribution in [0.2, 0.25) is 5.02 Å². The summed E-state index contributed by atoms with van der Waals surface area (Å²) in [6, 6.07) is 3.67. The molecule has 0 fully saturated rings. The minimum atomic E-state index is -3.67. The smallest absolute Gasteiger partial charge is 0.240 e. The summed E-state index contributed by atoms with van der Waals surface area (Å²) < 4.78 is 37.4. The lowest BCUT2D eigenvalue weighted by Crippen LogP contribution is -2.36. The van der Waals surface area contributed by atoms with Crippen LogP contribution in [0.25, 0.3) is 0 Å². The number of benzene rings is 1. The van der Waals surface area contributed by atoms with Crippen LogP contribution in [0.1, 0.15) is 6.92 Å². The van der Waals surface area contributed by atoms with Crippen molar-refractivity contribution in [2.45, 2.75) is 17.9 Å². The Morgan fingerprint density at radius 1 is 1.50 bits per heavy atom. The fourth-order valence-corrected chi connectivity index (χ4v) is 3.80. The molecule has 2 unspecified atom stereocenters. The lowest BCUT2D eigenvalue weighted by molar-refractivity contribution is 0.570. The summed E-state index contributed by atoms with van der Waals surface area (Å²) in [6.45, 7) is 1.65. The summed E-state index contributed by atoms with van der Waals surface area (Å²) in [5.74, 6) is 0.252. The van der Waals surface area contributed by atoms with E-state index in [0.29, 0.717) is 5.69 Å². The van der Waals surface area contributed by atoms with E-state index in [9.17, 15) is 12.6 Å². The highest BCUT2D eigenvalue weighted by Crippen LogP contribution is 2.22. The molecule has 0 amide bonds. The fourth-order valence-electron chi connectivity index (χ4n) is 1.39. The molecule has 102 valence electrons. The van der Waals surface area contributed by atoms with E-state index in [2.05, 4.69) is 4.72 Å². The van der Waals surface area contributed by atoms with E-state index in [1.807, 2.05) is 0 Å². The van der Waals surface area contributed by atoms with Crippen LogP contribution in [0.3, 0.4) is 0 Å². The van der Waals surface area contributed by atoms with E-state index < -0.39 is 26.9 Å². The Balaban J connectivity index is 2.92. The van der Waals surface area contributed by atoms with Gasteiger partial charge in [0.2, 0.25) is 10.0 Å². The summed E-state index contributed by atoms with van der Waals surface area (Å²) in [7, 11) is -4.74. The fraction of sp³-hybridized carbons (Fsp3) is 0.400. The molecule has 1 aromatic carbocycles. The Labute approximate surface area is 114 Å². The maximum Gasteiger partial charge on any atom is 0.240 e. The number of anilines is 1. The summed E-state index contributed by atoms with van der Waals surface area (Å²) in [5.41, 5.74) is 5.83. The van der Waals surface area contributed by atoms with Crippen molar-refractivity contribution in [3.05, 3.63) is 23.2 Å². The van der Waals surface area contributed by atoms with Crippen molar-refractivity contribution in [2.75, 3.05) is 17.7 Å². The maximum atomic E-state index is 12.0. The second-order valence-corrected chi connectivity index (χ2v) is 7.55. The Morgan fingerprint density at radius 2 is 2.11 bits per heavy atom. The summed E-state index contributed by atoms with van der Waals surface area (Å²) in [5, 5.41) is 0.185. The van der Waals surface area contributed by atoms with Gasteiger partial charge in [0.05, 0.1) is 15.6 Å². The van der Waals surface area contributed by atoms with Gasteiger partial charge in [-0.3, -0.25) is 4.21 Å². The number of nitrogens with two attached hydrogens (primary N) is 1. The molecular formula is C10H15ClN2O3S2. The van der Waals surface area contributed by atoms with Crippen LogP contribution >= 0.6 is 11.6 Å². The normalized spacial score (nSPS) is 15.3. The highest BCUT2D eigenvalue weighted by atomic mass is 35.5. The topological polar surface area (TPSA) is 89.3 Å². The molecule has 0 saturated carbocycles. The molecule has 0 aliphatic carbocycles. The van der Waals surface area contributed by atoms with Crippen molar-refractivity contribution in [1.29, 1.82) is 0 Å². The van der Waals surface area contributed by atoms with Crippen molar-refractivity contribution >= 4 is 38.1 Å². The van der Waals surface area contributed by atoms with E-state index in [-0.39, 0.29) is 15.7 Å². The summed E-state index contributed by atoms with van der Waals surface area (Å²) in [4.78, 5) is 0.0374. The molecule has 0 radical (unpaired) electrons. The van der Waals surface area contributed by atoms with Gasteiger partial charge in [0, 0.05) is 28.9 Å². The summed E-state index contributed by atoms with van der Waals surface area (Å²) >= 11 is 5.77. The van der Waals surface area contributed by atoms with Crippen LogP contribution < -0.4 is 10.5 Å². The molecule has 1 rings (SSSR count). The van der Waals surface area contributed by atoms with Gasteiger partial charge in [-0.25, -0.2) is 13.1 Å². The number of hydrogen-bond acceptors (Lipinski definition) is 4. The zero-order valence-electron chi connectivity index (χ0n) is 10.0. The number of nitrogen functional groups attached to an aromatic ring is 1. The highest BCUT2D eigenvalue weighted by molar-refractivity contribution is 7.89. The lowest BCUT2D eigenvalue weighted by Gasteiger charge is -2.13. The highest BCUT2D eigenvalue weighted by Gasteiger charge is 2.18. The van der Waals surface area contributed by atoms with Crippen molar-refractivity contribution in [1.82, 2.24) is 4.72 Å². The third-order valence-electron chi connectivity index (χ3n) is 2.12. The van der Waals surface area contributed by atoms with Crippen LogP contribution in [0.5, 0.6) is 0 Å². The molecule has 3 N–H and O–H groups in total. The monoisotopic (exact) mass is 310 g/mol. The van der Waals surface area contributed by atoms with Gasteiger partial charge in [0.15, 0.2) is 0 Å². The lowest BCUT2D eigenvalue weighted by atomic mass is 10.3. The van der Waals surface area contributed by atoms with Crippen molar-refractivity contribution < 1.29 is 12.6 Å². The Morgan fingerprint density at radius 3 is 2.61 bits per heavy atom. The Kier molecular flexibility index (Phi) is 5.15. The van der Waals surface area contributed by atoms with Crippen LogP contribution in [0.15, 0.2) is 23.1 Å². The quantitative estimate of drug-likeness (QED) is 0.793. The first kappa shape index (κ1) is 15.4. The number of sulfonamides is 1. The molecule has 0 heterocycles. The summed E-state index contributed by atoms with van der Waals surface area (Å²) in [6.07, 6.45) is 1.52. The number of nitrogens with one attached hydrogen (secondary N) is 1. The van der Waals surface area contributed by atoms with Crippen LogP contribution in [-0.4, -0.2) is 30.7 Å². The SMILES string of the molecule is CC(CS(C)=O)NS(=O)(=O)c1ccc(N)c(Cl)c1. The van der Waals surface area contributed by atoms with E-state index in [0.717, 1.165) is 0 Å². The van der Waals surface area contributed by atoms with Crippen LogP contribution in [-0.2, 0) is 20.8 Å². The van der Waals surface area contributed by atoms with E-state index in [1.54, 1.807) is 6.92 Å². The molecule has 1 aromatic rings. The zero-order valence-corrected chi connectivity index (χ0v) is 12.4.